The molecule has 2 aliphatic rings. The largest absolute Gasteiger partial charge is 0.466 e. The number of hydrogen-bond acceptors (Lipinski definition) is 11. The third-order valence-corrected chi connectivity index (χ3v) is 9.59. The smallest absolute Gasteiger partial charge is 0.319 e. The Labute approximate surface area is 293 Å². The number of esters is 2. The molecule has 1 aromatic carbocycles. The number of benzene rings is 1. The van der Waals surface area contributed by atoms with E-state index in [9.17, 15) is 27.6 Å². The average Bonchev–Trinajstić information content (AvgIpc) is 3.00. The fourth-order valence-electron chi connectivity index (χ4n) is 6.12. The minimum Gasteiger partial charge on any atom is -0.466 e. The van der Waals surface area contributed by atoms with Crippen LogP contribution in [0, 0.1) is 11.8 Å². The van der Waals surface area contributed by atoms with Crippen LogP contribution in [0.3, 0.4) is 0 Å². The van der Waals surface area contributed by atoms with Gasteiger partial charge in [-0.05, 0) is 64.7 Å². The Kier molecular flexibility index (Phi) is 14.5. The van der Waals surface area contributed by atoms with Crippen molar-refractivity contribution in [3.8, 4) is 0 Å². The van der Waals surface area contributed by atoms with E-state index in [0.717, 1.165) is 31.9 Å². The van der Waals surface area contributed by atoms with E-state index >= 15 is 0 Å². The number of hydrazine groups is 1. The summed E-state index contributed by atoms with van der Waals surface area (Å²) in [7, 11) is -3.87. The van der Waals surface area contributed by atoms with Crippen molar-refractivity contribution in [2.45, 2.75) is 83.9 Å². The summed E-state index contributed by atoms with van der Waals surface area (Å²) in [6, 6.07) is 3.46. The molecule has 1 aromatic rings. The molecule has 0 aromatic heterocycles. The van der Waals surface area contributed by atoms with Gasteiger partial charge in [-0.3, -0.25) is 33.3 Å². The number of piperazine rings is 1. The molecule has 2 unspecified atom stereocenters. The van der Waals surface area contributed by atoms with Crippen LogP contribution in [0.2, 0.25) is 10.0 Å². The highest BCUT2D eigenvalue weighted by atomic mass is 35.5. The quantitative estimate of drug-likeness (QED) is 0.0790. The molecule has 270 valence electrons. The molecular formula is C32H48Cl2N4O9S. The van der Waals surface area contributed by atoms with E-state index in [0.29, 0.717) is 48.4 Å². The van der Waals surface area contributed by atoms with Crippen molar-refractivity contribution in [2.24, 2.45) is 17.7 Å². The Morgan fingerprint density at radius 3 is 2.29 bits per heavy atom. The van der Waals surface area contributed by atoms with Crippen molar-refractivity contribution < 1.29 is 41.3 Å². The molecule has 1 aliphatic carbocycles. The van der Waals surface area contributed by atoms with E-state index in [1.54, 1.807) is 44.7 Å². The first kappa shape index (κ1) is 39.9. The van der Waals surface area contributed by atoms with Crippen LogP contribution in [0.25, 0.3) is 0 Å². The van der Waals surface area contributed by atoms with Crippen molar-refractivity contribution in [1.29, 1.82) is 0 Å². The van der Waals surface area contributed by atoms with E-state index in [2.05, 4.69) is 4.90 Å². The third-order valence-electron chi connectivity index (χ3n) is 8.41. The molecule has 2 N–H and O–H groups in total. The zero-order valence-electron chi connectivity index (χ0n) is 28.3. The van der Waals surface area contributed by atoms with Crippen molar-refractivity contribution >= 4 is 57.1 Å². The number of carbonyl (C=O) groups is 4. The summed E-state index contributed by atoms with van der Waals surface area (Å²) < 4.78 is 38.8. The van der Waals surface area contributed by atoms with Crippen LogP contribution in [0.15, 0.2) is 18.2 Å². The SMILES string of the molecule is CCOC(=O)[C@@H]1CCCC[C@H]1N1CCN(C(=O)C(Cc2ccc(Cl)cc2Cl)N(N)C(=O)C(CCOS(C)(=O)=O)C(=O)OC(C)(C)C)CC1. The Morgan fingerprint density at radius 2 is 1.71 bits per heavy atom. The van der Waals surface area contributed by atoms with E-state index in [1.165, 1.54) is 6.07 Å². The summed E-state index contributed by atoms with van der Waals surface area (Å²) >= 11 is 12.6. The van der Waals surface area contributed by atoms with Crippen molar-refractivity contribution in [2.75, 3.05) is 45.6 Å². The summed E-state index contributed by atoms with van der Waals surface area (Å²) in [4.78, 5) is 57.9. The van der Waals surface area contributed by atoms with Gasteiger partial charge in [0, 0.05) is 48.7 Å². The topological polar surface area (TPSA) is 166 Å². The number of hydrogen-bond donors (Lipinski definition) is 1. The van der Waals surface area contributed by atoms with Gasteiger partial charge in [-0.25, -0.2) is 5.84 Å². The molecule has 4 atom stereocenters. The molecule has 16 heteroatoms. The summed E-state index contributed by atoms with van der Waals surface area (Å²) in [6.07, 6.45) is 3.97. The van der Waals surface area contributed by atoms with Crippen LogP contribution < -0.4 is 5.84 Å². The molecule has 1 saturated heterocycles. The van der Waals surface area contributed by atoms with E-state index < -0.39 is 52.1 Å². The molecule has 0 spiro atoms. The van der Waals surface area contributed by atoms with Gasteiger partial charge >= 0.3 is 11.9 Å². The van der Waals surface area contributed by atoms with E-state index in [1.807, 2.05) is 0 Å². The van der Waals surface area contributed by atoms with Gasteiger partial charge in [0.1, 0.15) is 17.6 Å². The monoisotopic (exact) mass is 734 g/mol. The van der Waals surface area contributed by atoms with Gasteiger partial charge in [0.05, 0.1) is 25.4 Å². The number of ether oxygens (including phenoxy) is 2. The van der Waals surface area contributed by atoms with E-state index in [4.69, 9.17) is 42.7 Å². The van der Waals surface area contributed by atoms with Gasteiger partial charge in [0.15, 0.2) is 0 Å². The molecule has 2 amide bonds. The maximum absolute atomic E-state index is 14.2. The number of nitrogens with zero attached hydrogens (tertiary/aromatic N) is 3. The zero-order chi connectivity index (χ0) is 35.8. The summed E-state index contributed by atoms with van der Waals surface area (Å²) in [5.74, 6) is 2.10. The zero-order valence-corrected chi connectivity index (χ0v) is 30.6. The molecular weight excluding hydrogens is 687 g/mol. The molecule has 0 radical (unpaired) electrons. The highest BCUT2D eigenvalue weighted by molar-refractivity contribution is 7.85. The average molecular weight is 736 g/mol. The molecule has 2 fully saturated rings. The second-order valence-electron chi connectivity index (χ2n) is 13.2. The lowest BCUT2D eigenvalue weighted by atomic mass is 9.83. The first-order valence-electron chi connectivity index (χ1n) is 16.2. The number of rotatable bonds is 13. The Balaban J connectivity index is 1.86. The lowest BCUT2D eigenvalue weighted by Gasteiger charge is -2.44. The van der Waals surface area contributed by atoms with Crippen molar-refractivity contribution in [1.82, 2.24) is 14.8 Å². The van der Waals surface area contributed by atoms with Crippen LogP contribution in [0.1, 0.15) is 65.4 Å². The lowest BCUT2D eigenvalue weighted by molar-refractivity contribution is -0.167. The lowest BCUT2D eigenvalue weighted by Crippen LogP contribution is -2.61. The van der Waals surface area contributed by atoms with Gasteiger partial charge in [-0.15, -0.1) is 0 Å². The summed E-state index contributed by atoms with van der Waals surface area (Å²) in [6.45, 7) is 8.12. The van der Waals surface area contributed by atoms with Gasteiger partial charge < -0.3 is 14.4 Å². The second-order valence-corrected chi connectivity index (χ2v) is 15.7. The molecule has 1 heterocycles. The van der Waals surface area contributed by atoms with Crippen LogP contribution >= 0.6 is 23.2 Å². The van der Waals surface area contributed by atoms with Crippen LogP contribution in [0.5, 0.6) is 0 Å². The maximum Gasteiger partial charge on any atom is 0.319 e. The normalized spacial score (nSPS) is 20.5. The standard InChI is InChI=1S/C32H48Cl2N4O9S/c1-6-45-30(41)23-9-7-8-10-26(23)36-14-16-37(17-15-36)29(40)27(19-21-11-12-22(33)20-25(21)34)38(35)28(39)24(13-18-46-48(5,43)44)31(42)47-32(2,3)4/h11-12,20,23-24,26-27H,6-10,13-19,35H2,1-5H3/t23-,24?,26-,27?/m1/s1. The van der Waals surface area contributed by atoms with Crippen molar-refractivity contribution in [3.63, 3.8) is 0 Å². The second kappa shape index (κ2) is 17.4. The number of halogens is 2. The summed E-state index contributed by atoms with van der Waals surface area (Å²) in [5.41, 5.74) is -0.474. The first-order valence-corrected chi connectivity index (χ1v) is 18.8. The molecule has 48 heavy (non-hydrogen) atoms. The molecule has 0 bridgehead atoms. The number of amides is 2. The molecule has 1 saturated carbocycles. The van der Waals surface area contributed by atoms with Crippen LogP contribution in [-0.4, -0.2) is 110 Å². The minimum absolute atomic E-state index is 0.00930. The fraction of sp³-hybridized carbons (Fsp3) is 0.688. The minimum atomic E-state index is -3.87. The highest BCUT2D eigenvalue weighted by Gasteiger charge is 2.42. The predicted octanol–water partition coefficient (Wildman–Crippen LogP) is 3.20. The molecule has 1 aliphatic heterocycles. The first-order chi connectivity index (χ1) is 22.4. The fourth-order valence-corrected chi connectivity index (χ4v) is 7.01. The molecule has 13 nitrogen and oxygen atoms in total. The van der Waals surface area contributed by atoms with Crippen LogP contribution in [-0.2, 0) is 49.4 Å². The summed E-state index contributed by atoms with van der Waals surface area (Å²) in [5, 5.41) is 1.36. The van der Waals surface area contributed by atoms with E-state index in [-0.39, 0.29) is 35.8 Å². The third kappa shape index (κ3) is 11.5. The van der Waals surface area contributed by atoms with Gasteiger partial charge in [0.25, 0.3) is 16.0 Å². The van der Waals surface area contributed by atoms with Gasteiger partial charge in [-0.1, -0.05) is 42.1 Å². The van der Waals surface area contributed by atoms with Gasteiger partial charge in [-0.2, -0.15) is 8.42 Å². The van der Waals surface area contributed by atoms with Gasteiger partial charge in [0.2, 0.25) is 5.91 Å². The van der Waals surface area contributed by atoms with Crippen LogP contribution in [0.4, 0.5) is 0 Å². The molecule has 3 rings (SSSR count). The Morgan fingerprint density at radius 1 is 1.06 bits per heavy atom. The number of nitrogens with two attached hydrogens (primary N) is 1. The Hall–Kier alpha value is -2.49. The number of carbonyl (C=O) groups excluding carboxylic acids is 4. The predicted molar refractivity (Wildman–Crippen MR) is 180 cm³/mol. The maximum atomic E-state index is 14.2. The Bertz CT molecular complexity index is 1410. The highest BCUT2D eigenvalue weighted by Crippen LogP contribution is 2.31. The van der Waals surface area contributed by atoms with Crippen molar-refractivity contribution in [3.05, 3.63) is 33.8 Å².